The summed E-state index contributed by atoms with van der Waals surface area (Å²) in [7, 11) is 0. The van der Waals surface area contributed by atoms with Crippen molar-refractivity contribution in [3.8, 4) is 11.3 Å². The summed E-state index contributed by atoms with van der Waals surface area (Å²) < 4.78 is 0. The van der Waals surface area contributed by atoms with Crippen molar-refractivity contribution < 1.29 is 4.79 Å². The Morgan fingerprint density at radius 2 is 2.00 bits per heavy atom. The van der Waals surface area contributed by atoms with E-state index in [4.69, 9.17) is 0 Å². The Kier molecular flexibility index (Phi) is 4.61. The summed E-state index contributed by atoms with van der Waals surface area (Å²) in [6.07, 6.45) is 8.06. The van der Waals surface area contributed by atoms with Crippen LogP contribution >= 0.6 is 11.3 Å². The van der Waals surface area contributed by atoms with Crippen molar-refractivity contribution in [3.05, 3.63) is 52.4 Å². The van der Waals surface area contributed by atoms with Crippen LogP contribution in [0.15, 0.2) is 47.4 Å². The quantitative estimate of drug-likeness (QED) is 0.741. The van der Waals surface area contributed by atoms with E-state index in [1.807, 2.05) is 35.7 Å². The van der Waals surface area contributed by atoms with Crippen LogP contribution in [0.5, 0.6) is 0 Å². The molecule has 0 saturated carbocycles. The lowest BCUT2D eigenvalue weighted by Crippen LogP contribution is -2.05. The molecule has 2 aromatic rings. The molecular weight excluding hydrogens is 278 g/mol. The van der Waals surface area contributed by atoms with Crippen LogP contribution in [-0.4, -0.2) is 10.8 Å². The Morgan fingerprint density at radius 1 is 1.14 bits per heavy atom. The minimum atomic E-state index is 0.289. The highest BCUT2D eigenvalue weighted by molar-refractivity contribution is 7.10. The van der Waals surface area contributed by atoms with Crippen LogP contribution in [0, 0.1) is 0 Å². The van der Waals surface area contributed by atoms with Gasteiger partial charge in [0.25, 0.3) is 0 Å². The lowest BCUT2D eigenvalue weighted by molar-refractivity contribution is -0.117. The van der Waals surface area contributed by atoms with E-state index in [-0.39, 0.29) is 5.78 Å². The van der Waals surface area contributed by atoms with Gasteiger partial charge >= 0.3 is 0 Å². The van der Waals surface area contributed by atoms with E-state index < -0.39 is 0 Å². The summed E-state index contributed by atoms with van der Waals surface area (Å²) in [6.45, 7) is 0. The maximum Gasteiger partial charge on any atom is 0.143 e. The number of rotatable bonds is 5. The molecule has 3 heteroatoms. The second-order valence-corrected chi connectivity index (χ2v) is 6.44. The van der Waals surface area contributed by atoms with Crippen LogP contribution in [0.2, 0.25) is 0 Å². The van der Waals surface area contributed by atoms with Crippen molar-refractivity contribution >= 4 is 17.1 Å². The van der Waals surface area contributed by atoms with Crippen LogP contribution in [0.25, 0.3) is 11.3 Å². The molecular formula is C18H19NOS. The Hall–Kier alpha value is -1.74. The first-order valence-corrected chi connectivity index (χ1v) is 8.38. The maximum atomic E-state index is 12.2. The number of allylic oxidation sites excluding steroid dienone is 2. The predicted octanol–water partition coefficient (Wildman–Crippen LogP) is 4.81. The number of hydrogen-bond acceptors (Lipinski definition) is 3. The zero-order valence-electron chi connectivity index (χ0n) is 12.0. The van der Waals surface area contributed by atoms with Crippen LogP contribution in [0.1, 0.15) is 37.1 Å². The molecule has 1 aliphatic rings. The zero-order valence-corrected chi connectivity index (χ0v) is 12.9. The minimum Gasteiger partial charge on any atom is -0.299 e. The monoisotopic (exact) mass is 297 g/mol. The highest BCUT2D eigenvalue weighted by Gasteiger charge is 2.12. The molecule has 0 aliphatic heterocycles. The van der Waals surface area contributed by atoms with Gasteiger partial charge in [-0.1, -0.05) is 42.0 Å². The van der Waals surface area contributed by atoms with Gasteiger partial charge in [0.05, 0.1) is 12.1 Å². The molecule has 0 bridgehead atoms. The second-order valence-electron chi connectivity index (χ2n) is 5.49. The number of ketones is 1. The van der Waals surface area contributed by atoms with Crippen molar-refractivity contribution in [2.24, 2.45) is 0 Å². The van der Waals surface area contributed by atoms with Crippen LogP contribution in [0.3, 0.4) is 0 Å². The van der Waals surface area contributed by atoms with Gasteiger partial charge < -0.3 is 0 Å². The normalized spacial score (nSPS) is 14.8. The van der Waals surface area contributed by atoms with Crippen molar-refractivity contribution in [3.63, 3.8) is 0 Å². The summed E-state index contributed by atoms with van der Waals surface area (Å²) >= 11 is 1.58. The van der Waals surface area contributed by atoms with Gasteiger partial charge in [0.15, 0.2) is 0 Å². The van der Waals surface area contributed by atoms with Crippen LogP contribution in [-0.2, 0) is 11.2 Å². The van der Waals surface area contributed by atoms with E-state index in [2.05, 4.69) is 11.1 Å². The molecule has 21 heavy (non-hydrogen) atoms. The molecule has 0 saturated heterocycles. The SMILES string of the molecule is O=C(CC1=CCCCC1)Cc1nc(-c2ccccc2)cs1. The molecule has 108 valence electrons. The van der Waals surface area contributed by atoms with Crippen molar-refractivity contribution in [1.29, 1.82) is 0 Å². The third-order valence-corrected chi connectivity index (χ3v) is 4.63. The Morgan fingerprint density at radius 3 is 2.76 bits per heavy atom. The lowest BCUT2D eigenvalue weighted by atomic mass is 9.95. The Labute approximate surface area is 129 Å². The van der Waals surface area contributed by atoms with E-state index in [0.717, 1.165) is 29.1 Å². The van der Waals surface area contributed by atoms with Gasteiger partial charge in [-0.2, -0.15) is 0 Å². The van der Waals surface area contributed by atoms with Gasteiger partial charge in [-0.15, -0.1) is 11.3 Å². The average Bonchev–Trinajstić information content (AvgIpc) is 2.97. The molecule has 1 aromatic heterocycles. The molecule has 2 nitrogen and oxygen atoms in total. The van der Waals surface area contributed by atoms with Crippen LogP contribution in [0.4, 0.5) is 0 Å². The van der Waals surface area contributed by atoms with Crippen LogP contribution < -0.4 is 0 Å². The molecule has 1 aromatic carbocycles. The number of benzene rings is 1. The van der Waals surface area contributed by atoms with Gasteiger partial charge in [0.1, 0.15) is 10.8 Å². The van der Waals surface area contributed by atoms with Gasteiger partial charge in [-0.05, 0) is 25.7 Å². The zero-order chi connectivity index (χ0) is 14.5. The first-order valence-electron chi connectivity index (χ1n) is 7.51. The standard InChI is InChI=1S/C18H19NOS/c20-16(11-14-7-3-1-4-8-14)12-18-19-17(13-21-18)15-9-5-2-6-10-15/h2,5-7,9-10,13H,1,3-4,8,11-12H2. The number of hydrogen-bond donors (Lipinski definition) is 0. The summed E-state index contributed by atoms with van der Waals surface area (Å²) in [6, 6.07) is 10.1. The predicted molar refractivity (Wildman–Crippen MR) is 87.4 cm³/mol. The number of thiazole rings is 1. The third kappa shape index (κ3) is 3.88. The molecule has 0 N–H and O–H groups in total. The van der Waals surface area contributed by atoms with Crippen molar-refractivity contribution in [2.75, 3.05) is 0 Å². The molecule has 1 heterocycles. The van der Waals surface area contributed by atoms with E-state index in [1.54, 1.807) is 11.3 Å². The third-order valence-electron chi connectivity index (χ3n) is 3.78. The van der Waals surface area contributed by atoms with Crippen molar-refractivity contribution in [1.82, 2.24) is 4.98 Å². The first-order chi connectivity index (χ1) is 10.3. The molecule has 0 radical (unpaired) electrons. The van der Waals surface area contributed by atoms with E-state index in [0.29, 0.717) is 12.8 Å². The Bertz CT molecular complexity index is 642. The average molecular weight is 297 g/mol. The Balaban J connectivity index is 1.62. The fourth-order valence-electron chi connectivity index (χ4n) is 2.68. The largest absolute Gasteiger partial charge is 0.299 e. The summed E-state index contributed by atoms with van der Waals surface area (Å²) in [5.41, 5.74) is 3.41. The fourth-order valence-corrected chi connectivity index (χ4v) is 3.52. The first kappa shape index (κ1) is 14.2. The van der Waals surface area contributed by atoms with E-state index in [1.165, 1.54) is 18.4 Å². The molecule has 0 fully saturated rings. The number of aromatic nitrogens is 1. The highest BCUT2D eigenvalue weighted by Crippen LogP contribution is 2.24. The molecule has 0 spiro atoms. The summed E-state index contributed by atoms with van der Waals surface area (Å²) in [4.78, 5) is 16.7. The number of carbonyl (C=O) groups excluding carboxylic acids is 1. The summed E-state index contributed by atoms with van der Waals surface area (Å²) in [5, 5.41) is 2.97. The minimum absolute atomic E-state index is 0.289. The topological polar surface area (TPSA) is 30.0 Å². The molecule has 1 aliphatic carbocycles. The molecule has 3 rings (SSSR count). The lowest BCUT2D eigenvalue weighted by Gasteiger charge is -2.11. The number of Topliss-reactive ketones (excluding diaryl/α,β-unsaturated/α-hetero) is 1. The van der Waals surface area contributed by atoms with Gasteiger partial charge in [0.2, 0.25) is 0 Å². The van der Waals surface area contributed by atoms with Gasteiger partial charge in [0, 0.05) is 17.4 Å². The molecule has 0 atom stereocenters. The second kappa shape index (κ2) is 6.81. The van der Waals surface area contributed by atoms with Gasteiger partial charge in [-0.25, -0.2) is 4.98 Å². The van der Waals surface area contributed by atoms with E-state index >= 15 is 0 Å². The summed E-state index contributed by atoms with van der Waals surface area (Å²) in [5.74, 6) is 0.289. The smallest absolute Gasteiger partial charge is 0.143 e. The van der Waals surface area contributed by atoms with E-state index in [9.17, 15) is 4.79 Å². The maximum absolute atomic E-state index is 12.2. The number of carbonyl (C=O) groups is 1. The molecule has 0 unspecified atom stereocenters. The fraction of sp³-hybridized carbons (Fsp3) is 0.333. The highest BCUT2D eigenvalue weighted by atomic mass is 32.1. The molecule has 0 amide bonds. The van der Waals surface area contributed by atoms with Gasteiger partial charge in [-0.3, -0.25) is 4.79 Å². The van der Waals surface area contributed by atoms with Crippen molar-refractivity contribution in [2.45, 2.75) is 38.5 Å². The number of nitrogens with zero attached hydrogens (tertiary/aromatic N) is 1.